The molecule has 0 aliphatic carbocycles. The lowest BCUT2D eigenvalue weighted by Gasteiger charge is -2.38. The molecule has 1 N–H and O–H groups in total. The van der Waals surface area contributed by atoms with E-state index in [2.05, 4.69) is 0 Å². The summed E-state index contributed by atoms with van der Waals surface area (Å²) in [6, 6.07) is 6.33. The maximum Gasteiger partial charge on any atom is 0.411 e. The molecule has 2 aliphatic rings. The average Bonchev–Trinajstić information content (AvgIpc) is 3.26. The zero-order valence-corrected chi connectivity index (χ0v) is 21.3. The molecule has 3 aromatic rings. The Labute approximate surface area is 231 Å². The van der Waals surface area contributed by atoms with Gasteiger partial charge in [0.1, 0.15) is 0 Å². The van der Waals surface area contributed by atoms with Gasteiger partial charge in [0, 0.05) is 7.05 Å². The molecule has 14 heteroatoms. The van der Waals surface area contributed by atoms with Crippen LogP contribution in [-0.4, -0.2) is 59.0 Å². The number of nitrogens with zero attached hydrogens (tertiary/aromatic N) is 2. The fourth-order valence-electron chi connectivity index (χ4n) is 5.30. The highest BCUT2D eigenvalue weighted by Crippen LogP contribution is 2.57. The van der Waals surface area contributed by atoms with Crippen molar-refractivity contribution in [2.24, 2.45) is 0 Å². The molecule has 42 heavy (non-hydrogen) atoms. The highest BCUT2D eigenvalue weighted by molar-refractivity contribution is 6.34. The van der Waals surface area contributed by atoms with E-state index in [0.29, 0.717) is 51.8 Å². The zero-order chi connectivity index (χ0) is 31.1. The van der Waals surface area contributed by atoms with Crippen molar-refractivity contribution >= 4 is 35.3 Å². The van der Waals surface area contributed by atoms with Crippen LogP contribution < -0.4 is 4.90 Å². The Bertz CT molecular complexity index is 1750. The third-order valence-corrected chi connectivity index (χ3v) is 7.26. The van der Waals surface area contributed by atoms with Crippen LogP contribution in [0.15, 0.2) is 54.6 Å². The topological polar surface area (TPSA) is 112 Å². The summed E-state index contributed by atoms with van der Waals surface area (Å²) in [4.78, 5) is 63.5. The molecule has 0 unspecified atom stereocenters. The molecule has 3 aromatic carbocycles. The number of anilines is 1. The molecular weight excluding hydrogens is 574 g/mol. The van der Waals surface area contributed by atoms with Gasteiger partial charge in [-0.3, -0.25) is 24.1 Å². The maximum atomic E-state index is 14.8. The lowest BCUT2D eigenvalue weighted by atomic mass is 9.71. The van der Waals surface area contributed by atoms with E-state index in [1.54, 1.807) is 0 Å². The van der Waals surface area contributed by atoms with Crippen molar-refractivity contribution in [3.05, 3.63) is 99.1 Å². The molecule has 216 valence electrons. The van der Waals surface area contributed by atoms with Gasteiger partial charge < -0.3 is 5.11 Å². The van der Waals surface area contributed by atoms with Gasteiger partial charge in [-0.05, 0) is 66.1 Å². The Morgan fingerprint density at radius 2 is 1.12 bits per heavy atom. The van der Waals surface area contributed by atoms with Crippen LogP contribution >= 0.6 is 0 Å². The molecule has 0 saturated carbocycles. The van der Waals surface area contributed by atoms with Crippen LogP contribution in [0.4, 0.5) is 32.0 Å². The third kappa shape index (κ3) is 3.81. The van der Waals surface area contributed by atoms with Crippen LogP contribution in [-0.2, 0) is 5.41 Å². The molecular formula is C28H16F6N2O6. The molecule has 0 fully saturated rings. The van der Waals surface area contributed by atoms with Crippen LogP contribution in [0.3, 0.4) is 0 Å². The van der Waals surface area contributed by atoms with Crippen molar-refractivity contribution < 1.29 is 55.4 Å². The van der Waals surface area contributed by atoms with E-state index >= 15 is 0 Å². The minimum Gasteiger partial charge on any atom is -0.478 e. The summed E-state index contributed by atoms with van der Waals surface area (Å²) in [7, 11) is 1.02. The van der Waals surface area contributed by atoms with Crippen LogP contribution in [0.2, 0.25) is 0 Å². The second-order valence-electron chi connectivity index (χ2n) is 9.74. The van der Waals surface area contributed by atoms with E-state index in [4.69, 9.17) is 0 Å². The second-order valence-corrected chi connectivity index (χ2v) is 9.74. The summed E-state index contributed by atoms with van der Waals surface area (Å²) < 4.78 is 88.7. The van der Waals surface area contributed by atoms with Gasteiger partial charge in [-0.15, -0.1) is 0 Å². The molecule has 8 nitrogen and oxygen atoms in total. The van der Waals surface area contributed by atoms with E-state index in [9.17, 15) is 55.4 Å². The minimum atomic E-state index is -6.09. The Hall–Kier alpha value is -5.01. The highest BCUT2D eigenvalue weighted by Gasteiger charge is 2.73. The maximum absolute atomic E-state index is 14.8. The Balaban J connectivity index is 1.72. The van der Waals surface area contributed by atoms with Crippen molar-refractivity contribution in [3.8, 4) is 0 Å². The number of hydrogen-bond acceptors (Lipinski definition) is 5. The van der Waals surface area contributed by atoms with E-state index in [0.717, 1.165) is 13.1 Å². The molecule has 0 atom stereocenters. The molecule has 0 radical (unpaired) electrons. The number of carboxylic acid groups (broad SMARTS) is 1. The number of amides is 4. The highest BCUT2D eigenvalue weighted by atomic mass is 19.4. The predicted octanol–water partition coefficient (Wildman–Crippen LogP) is 5.13. The largest absolute Gasteiger partial charge is 0.478 e. The smallest absolute Gasteiger partial charge is 0.411 e. The van der Waals surface area contributed by atoms with Crippen LogP contribution in [0, 0.1) is 6.92 Å². The molecule has 0 spiro atoms. The first-order valence-electron chi connectivity index (χ1n) is 11.9. The van der Waals surface area contributed by atoms with Gasteiger partial charge in [0.05, 0.1) is 33.5 Å². The standard InChI is InChI=1S/C28H16F6N2O6/c1-12-7-13(25(41)42)9-16(8-12)36-23(39)18-6-4-15(11-20(18)24(36)40)26(27(29,30)31,28(32,33)34)14-3-5-17-19(10-14)22(38)35(2)21(17)37/h3-11H,1-2H3,(H,41,42). The first kappa shape index (κ1) is 28.5. The number of carbonyl (C=O) groups is 5. The SMILES string of the molecule is Cc1cc(C(=O)O)cc(N2C(=O)c3ccc(C(c4ccc5c(c4)C(=O)N(C)C5=O)(C(F)(F)F)C(F)(F)F)cc3C2=O)c1. The number of aryl methyl sites for hydroxylation is 1. The number of benzene rings is 3. The quantitative estimate of drug-likeness (QED) is 0.333. The van der Waals surface area contributed by atoms with Crippen molar-refractivity contribution in [3.63, 3.8) is 0 Å². The van der Waals surface area contributed by atoms with E-state index < -0.39 is 75.2 Å². The number of alkyl halides is 6. The summed E-state index contributed by atoms with van der Waals surface area (Å²) in [5, 5.41) is 9.33. The normalized spacial score (nSPS) is 15.4. The van der Waals surface area contributed by atoms with Gasteiger partial charge in [0.15, 0.2) is 0 Å². The number of carboxylic acids is 1. The number of imide groups is 2. The van der Waals surface area contributed by atoms with Gasteiger partial charge in [-0.25, -0.2) is 9.69 Å². The summed E-state index contributed by atoms with van der Waals surface area (Å²) in [6.45, 7) is 1.46. The van der Waals surface area contributed by atoms with Gasteiger partial charge >= 0.3 is 18.3 Å². The first-order valence-corrected chi connectivity index (χ1v) is 11.9. The van der Waals surface area contributed by atoms with Gasteiger partial charge in [0.2, 0.25) is 5.41 Å². The number of fused-ring (bicyclic) bond motifs is 2. The van der Waals surface area contributed by atoms with E-state index in [1.165, 1.54) is 19.1 Å². The van der Waals surface area contributed by atoms with Crippen molar-refractivity contribution in [2.75, 3.05) is 11.9 Å². The molecule has 0 bridgehead atoms. The van der Waals surface area contributed by atoms with Crippen molar-refractivity contribution in [2.45, 2.75) is 24.7 Å². The number of aromatic carboxylic acids is 1. The van der Waals surface area contributed by atoms with Crippen molar-refractivity contribution in [1.82, 2.24) is 4.90 Å². The molecule has 2 heterocycles. The Morgan fingerprint density at radius 3 is 1.62 bits per heavy atom. The second kappa shape index (κ2) is 8.99. The summed E-state index contributed by atoms with van der Waals surface area (Å²) in [5.41, 5.74) is -10.3. The Morgan fingerprint density at radius 1 is 0.667 bits per heavy atom. The number of halogens is 6. The fraction of sp³-hybridized carbons (Fsp3) is 0.179. The van der Waals surface area contributed by atoms with Gasteiger partial charge in [-0.1, -0.05) is 12.1 Å². The lowest BCUT2D eigenvalue weighted by Crippen LogP contribution is -2.55. The summed E-state index contributed by atoms with van der Waals surface area (Å²) in [6.07, 6.45) is -12.2. The molecule has 0 saturated heterocycles. The molecule has 0 aromatic heterocycles. The number of carbonyl (C=O) groups excluding carboxylic acids is 4. The summed E-state index contributed by atoms with van der Waals surface area (Å²) in [5.74, 6) is -5.76. The monoisotopic (exact) mass is 590 g/mol. The number of hydrogen-bond donors (Lipinski definition) is 1. The molecule has 4 amide bonds. The van der Waals surface area contributed by atoms with Crippen LogP contribution in [0.5, 0.6) is 0 Å². The first-order chi connectivity index (χ1) is 19.4. The van der Waals surface area contributed by atoms with Gasteiger partial charge in [-0.2, -0.15) is 26.3 Å². The summed E-state index contributed by atoms with van der Waals surface area (Å²) >= 11 is 0. The minimum absolute atomic E-state index is 0.246. The third-order valence-electron chi connectivity index (χ3n) is 7.26. The Kier molecular flexibility index (Phi) is 6.11. The van der Waals surface area contributed by atoms with E-state index in [-0.39, 0.29) is 16.8 Å². The molecule has 5 rings (SSSR count). The molecule has 2 aliphatic heterocycles. The zero-order valence-electron chi connectivity index (χ0n) is 21.3. The lowest BCUT2D eigenvalue weighted by molar-refractivity contribution is -0.288. The van der Waals surface area contributed by atoms with Crippen molar-refractivity contribution in [1.29, 1.82) is 0 Å². The number of rotatable bonds is 4. The van der Waals surface area contributed by atoms with E-state index in [1.807, 2.05) is 0 Å². The van der Waals surface area contributed by atoms with Crippen LogP contribution in [0.25, 0.3) is 0 Å². The van der Waals surface area contributed by atoms with Gasteiger partial charge in [0.25, 0.3) is 23.6 Å². The van der Waals surface area contributed by atoms with Crippen LogP contribution in [0.1, 0.15) is 68.5 Å². The average molecular weight is 590 g/mol. The fourth-order valence-corrected chi connectivity index (χ4v) is 5.30. The predicted molar refractivity (Wildman–Crippen MR) is 131 cm³/mol.